The van der Waals surface area contributed by atoms with E-state index in [-0.39, 0.29) is 0 Å². The van der Waals surface area contributed by atoms with Gasteiger partial charge in [-0.3, -0.25) is 0 Å². The summed E-state index contributed by atoms with van der Waals surface area (Å²) in [7, 11) is 0. The average Bonchev–Trinajstić information content (AvgIpc) is 3.24. The Balaban J connectivity index is 1.29. The molecule has 0 spiro atoms. The first-order valence-corrected chi connectivity index (χ1v) is 10.5. The lowest BCUT2D eigenvalue weighted by atomic mass is 9.90. The average molecular weight is 355 g/mol. The predicted octanol–water partition coefficient (Wildman–Crippen LogP) is 3.37. The highest BCUT2D eigenvalue weighted by atomic mass is 15.3. The van der Waals surface area contributed by atoms with Crippen LogP contribution in [0.2, 0.25) is 0 Å². The van der Waals surface area contributed by atoms with E-state index < -0.39 is 0 Å². The molecule has 0 amide bonds. The van der Waals surface area contributed by atoms with Crippen molar-refractivity contribution in [2.24, 2.45) is 0 Å². The van der Waals surface area contributed by atoms with Crippen molar-refractivity contribution >= 4 is 0 Å². The first kappa shape index (κ1) is 16.5. The normalized spacial score (nSPS) is 23.5. The summed E-state index contributed by atoms with van der Waals surface area (Å²) in [5.74, 6) is 2.94. The summed E-state index contributed by atoms with van der Waals surface area (Å²) in [6, 6.07) is 1.48. The fraction of sp³-hybridized carbons (Fsp3) is 0.750. The highest BCUT2D eigenvalue weighted by Crippen LogP contribution is 2.40. The number of hydrogen-bond acceptors (Lipinski definition) is 4. The molecule has 0 bridgehead atoms. The van der Waals surface area contributed by atoms with Gasteiger partial charge in [-0.25, -0.2) is 4.98 Å². The van der Waals surface area contributed by atoms with Crippen molar-refractivity contribution < 1.29 is 0 Å². The molecule has 140 valence electrons. The molecule has 0 unspecified atom stereocenters. The Morgan fingerprint density at radius 2 is 1.69 bits per heavy atom. The molecule has 2 aromatic rings. The molecule has 6 heteroatoms. The Morgan fingerprint density at radius 3 is 2.38 bits per heavy atom. The third kappa shape index (κ3) is 3.31. The number of hydrogen-bond donors (Lipinski definition) is 0. The van der Waals surface area contributed by atoms with Gasteiger partial charge in [0.1, 0.15) is 5.82 Å². The SMILES string of the molecule is c1cn(Cc2nnc(C3CCN(C4CCCCC4)CC3)n2C2CC2)cn1. The molecule has 2 aliphatic carbocycles. The van der Waals surface area contributed by atoms with E-state index in [0.717, 1.165) is 18.4 Å². The van der Waals surface area contributed by atoms with E-state index in [1.807, 2.05) is 18.7 Å². The van der Waals surface area contributed by atoms with Gasteiger partial charge in [-0.1, -0.05) is 19.3 Å². The number of aromatic nitrogens is 5. The molecule has 0 aromatic carbocycles. The van der Waals surface area contributed by atoms with Crippen LogP contribution in [0.15, 0.2) is 18.7 Å². The second-order valence-corrected chi connectivity index (χ2v) is 8.41. The fourth-order valence-corrected chi connectivity index (χ4v) is 4.97. The van der Waals surface area contributed by atoms with Gasteiger partial charge in [0.15, 0.2) is 5.82 Å². The van der Waals surface area contributed by atoms with Crippen LogP contribution in [0, 0.1) is 0 Å². The van der Waals surface area contributed by atoms with E-state index in [0.29, 0.717) is 12.0 Å². The van der Waals surface area contributed by atoms with Crippen LogP contribution >= 0.6 is 0 Å². The minimum absolute atomic E-state index is 0.583. The molecular formula is C20H30N6. The summed E-state index contributed by atoms with van der Waals surface area (Å²) in [4.78, 5) is 6.92. The Bertz CT molecular complexity index is 703. The van der Waals surface area contributed by atoms with Gasteiger partial charge in [0, 0.05) is 30.4 Å². The summed E-state index contributed by atoms with van der Waals surface area (Å²) < 4.78 is 4.57. The van der Waals surface area contributed by atoms with Crippen molar-refractivity contribution in [3.63, 3.8) is 0 Å². The number of rotatable bonds is 5. The Labute approximate surface area is 155 Å². The highest BCUT2D eigenvalue weighted by Gasteiger charge is 2.34. The third-order valence-corrected chi connectivity index (χ3v) is 6.57. The van der Waals surface area contributed by atoms with E-state index in [4.69, 9.17) is 0 Å². The largest absolute Gasteiger partial charge is 0.330 e. The van der Waals surface area contributed by atoms with Crippen LogP contribution in [-0.4, -0.2) is 48.3 Å². The maximum absolute atomic E-state index is 4.68. The third-order valence-electron chi connectivity index (χ3n) is 6.57. The molecule has 0 atom stereocenters. The van der Waals surface area contributed by atoms with Crippen LogP contribution in [0.3, 0.4) is 0 Å². The Kier molecular flexibility index (Phi) is 4.53. The smallest absolute Gasteiger partial charge is 0.153 e. The fourth-order valence-electron chi connectivity index (χ4n) is 4.97. The molecule has 3 fully saturated rings. The number of likely N-dealkylation sites (tertiary alicyclic amines) is 1. The lowest BCUT2D eigenvalue weighted by molar-refractivity contribution is 0.120. The minimum atomic E-state index is 0.583. The highest BCUT2D eigenvalue weighted by molar-refractivity contribution is 5.09. The molecule has 5 rings (SSSR count). The topological polar surface area (TPSA) is 51.8 Å². The first-order chi connectivity index (χ1) is 12.9. The second-order valence-electron chi connectivity index (χ2n) is 8.41. The molecule has 1 saturated heterocycles. The lowest BCUT2D eigenvalue weighted by Crippen LogP contribution is -2.42. The van der Waals surface area contributed by atoms with Gasteiger partial charge in [-0.05, 0) is 51.6 Å². The van der Waals surface area contributed by atoms with Gasteiger partial charge < -0.3 is 14.0 Å². The zero-order valence-electron chi connectivity index (χ0n) is 15.6. The standard InChI is InChI=1S/C20H30N6/c1-2-4-17(5-3-1)25-11-8-16(9-12-25)20-23-22-19(26(20)18-6-7-18)14-24-13-10-21-15-24/h10,13,15-18H,1-9,11-12,14H2. The van der Waals surface area contributed by atoms with Crippen molar-refractivity contribution in [2.75, 3.05) is 13.1 Å². The van der Waals surface area contributed by atoms with Crippen molar-refractivity contribution in [1.29, 1.82) is 0 Å². The van der Waals surface area contributed by atoms with Crippen molar-refractivity contribution in [3.05, 3.63) is 30.4 Å². The molecular weight excluding hydrogens is 324 g/mol. The van der Waals surface area contributed by atoms with Gasteiger partial charge >= 0.3 is 0 Å². The van der Waals surface area contributed by atoms with Gasteiger partial charge in [-0.2, -0.15) is 0 Å². The van der Waals surface area contributed by atoms with E-state index in [2.05, 4.69) is 29.2 Å². The molecule has 0 N–H and O–H groups in total. The molecule has 3 aliphatic rings. The molecule has 2 saturated carbocycles. The molecule has 0 radical (unpaired) electrons. The number of imidazole rings is 1. The quantitative estimate of drug-likeness (QED) is 0.826. The Morgan fingerprint density at radius 1 is 0.885 bits per heavy atom. The maximum atomic E-state index is 4.68. The van der Waals surface area contributed by atoms with Crippen LogP contribution in [0.5, 0.6) is 0 Å². The molecule has 3 heterocycles. The van der Waals surface area contributed by atoms with Crippen molar-refractivity contribution in [2.45, 2.75) is 82.3 Å². The van der Waals surface area contributed by atoms with Crippen LogP contribution in [0.4, 0.5) is 0 Å². The minimum Gasteiger partial charge on any atom is -0.330 e. The van der Waals surface area contributed by atoms with Gasteiger partial charge in [0.05, 0.1) is 12.9 Å². The zero-order valence-corrected chi connectivity index (χ0v) is 15.6. The van der Waals surface area contributed by atoms with E-state index in [9.17, 15) is 0 Å². The second kappa shape index (κ2) is 7.14. The number of piperidine rings is 1. The van der Waals surface area contributed by atoms with Gasteiger partial charge in [0.2, 0.25) is 0 Å². The van der Waals surface area contributed by atoms with E-state index >= 15 is 0 Å². The summed E-state index contributed by atoms with van der Waals surface area (Å²) in [6.45, 7) is 3.26. The molecule has 1 aliphatic heterocycles. The van der Waals surface area contributed by atoms with Crippen LogP contribution in [0.25, 0.3) is 0 Å². The predicted molar refractivity (Wildman–Crippen MR) is 100 cm³/mol. The van der Waals surface area contributed by atoms with Crippen LogP contribution in [-0.2, 0) is 6.54 Å². The molecule has 26 heavy (non-hydrogen) atoms. The summed E-state index contributed by atoms with van der Waals surface area (Å²) in [6.07, 6.45) is 17.9. The first-order valence-electron chi connectivity index (χ1n) is 10.5. The lowest BCUT2D eigenvalue weighted by Gasteiger charge is -2.39. The van der Waals surface area contributed by atoms with Crippen LogP contribution in [0.1, 0.15) is 81.4 Å². The van der Waals surface area contributed by atoms with Gasteiger partial charge in [-0.15, -0.1) is 10.2 Å². The Hall–Kier alpha value is -1.69. The maximum Gasteiger partial charge on any atom is 0.153 e. The van der Waals surface area contributed by atoms with Gasteiger partial charge in [0.25, 0.3) is 0 Å². The monoisotopic (exact) mass is 354 g/mol. The molecule has 6 nitrogen and oxygen atoms in total. The van der Waals surface area contributed by atoms with Crippen LogP contribution < -0.4 is 0 Å². The van der Waals surface area contributed by atoms with Crippen molar-refractivity contribution in [1.82, 2.24) is 29.2 Å². The number of nitrogens with zero attached hydrogens (tertiary/aromatic N) is 6. The molecule has 2 aromatic heterocycles. The van der Waals surface area contributed by atoms with Crippen molar-refractivity contribution in [3.8, 4) is 0 Å². The summed E-state index contributed by atoms with van der Waals surface area (Å²) >= 11 is 0. The zero-order chi connectivity index (χ0) is 17.3. The summed E-state index contributed by atoms with van der Waals surface area (Å²) in [5, 5.41) is 9.27. The van der Waals surface area contributed by atoms with E-state index in [1.54, 1.807) is 0 Å². The van der Waals surface area contributed by atoms with E-state index in [1.165, 1.54) is 76.7 Å². The summed E-state index contributed by atoms with van der Waals surface area (Å²) in [5.41, 5.74) is 0.